The number of ether oxygens (including phenoxy) is 1. The van der Waals surface area contributed by atoms with E-state index in [2.05, 4.69) is 5.32 Å². The molecule has 2 aromatic rings. The number of nitrogens with one attached hydrogen (secondary N) is 1. The number of carbonyl (C=O) groups is 1. The first-order valence-electron chi connectivity index (χ1n) is 7.86. The van der Waals surface area contributed by atoms with E-state index in [4.69, 9.17) is 4.74 Å². The van der Waals surface area contributed by atoms with Crippen LogP contribution >= 0.6 is 11.8 Å². The summed E-state index contributed by atoms with van der Waals surface area (Å²) in [6, 6.07) is 4.24. The Morgan fingerprint density at radius 1 is 1.07 bits per heavy atom. The monoisotopic (exact) mass is 454 g/mol. The summed E-state index contributed by atoms with van der Waals surface area (Å²) >= 11 is 0.561. The molecule has 2 aromatic carbocycles. The van der Waals surface area contributed by atoms with Crippen LogP contribution in [0.15, 0.2) is 41.3 Å². The summed E-state index contributed by atoms with van der Waals surface area (Å²) in [5.41, 5.74) is -3.39. The second-order valence-corrected chi connectivity index (χ2v) is 6.70. The molecule has 0 aliphatic heterocycles. The van der Waals surface area contributed by atoms with E-state index in [1.54, 1.807) is 0 Å². The molecule has 0 aliphatic rings. The van der Waals surface area contributed by atoms with Crippen LogP contribution in [0.3, 0.4) is 0 Å². The predicted molar refractivity (Wildman–Crippen MR) is 95.4 cm³/mol. The van der Waals surface area contributed by atoms with Gasteiger partial charge in [-0.2, -0.15) is 26.3 Å². The van der Waals surface area contributed by atoms with Gasteiger partial charge in [0, 0.05) is 6.07 Å². The molecule has 2 rings (SSSR count). The molecule has 6 nitrogen and oxygen atoms in total. The molecule has 0 unspecified atom stereocenters. The van der Waals surface area contributed by atoms with Crippen molar-refractivity contribution in [2.75, 3.05) is 18.2 Å². The van der Waals surface area contributed by atoms with Gasteiger partial charge in [0.1, 0.15) is 5.75 Å². The molecule has 0 aliphatic carbocycles. The number of methoxy groups -OCH3 is 1. The zero-order valence-corrected chi connectivity index (χ0v) is 15.7. The lowest BCUT2D eigenvalue weighted by Crippen LogP contribution is -2.16. The molecule has 0 spiro atoms. The largest absolute Gasteiger partial charge is 0.495 e. The van der Waals surface area contributed by atoms with Gasteiger partial charge in [0.25, 0.3) is 5.69 Å². The zero-order valence-electron chi connectivity index (χ0n) is 14.9. The minimum atomic E-state index is -4.79. The maximum Gasteiger partial charge on any atom is 0.416 e. The van der Waals surface area contributed by atoms with E-state index in [0.717, 1.165) is 18.2 Å². The number of carbonyl (C=O) groups excluding carboxylic acids is 1. The standard InChI is InChI=1S/C17H12F6N2O4S/c1-29-13-4-2-9(16(18,19)20)6-11(13)24-15(26)8-30-14-5-3-10(17(21,22)23)7-12(14)25(27)28/h2-7H,8H2,1H3,(H,24,26). The molecule has 0 aromatic heterocycles. The van der Waals surface area contributed by atoms with Gasteiger partial charge >= 0.3 is 12.4 Å². The smallest absolute Gasteiger partial charge is 0.416 e. The van der Waals surface area contributed by atoms with Crippen LogP contribution in [0.25, 0.3) is 0 Å². The average Bonchev–Trinajstić information content (AvgIpc) is 2.64. The third-order valence-corrected chi connectivity index (χ3v) is 4.71. The fraction of sp³-hybridized carbons (Fsp3) is 0.235. The molecule has 0 saturated carbocycles. The number of nitrogens with zero attached hydrogens (tertiary/aromatic N) is 1. The number of anilines is 1. The van der Waals surface area contributed by atoms with Crippen LogP contribution in [0, 0.1) is 10.1 Å². The SMILES string of the molecule is COc1ccc(C(F)(F)F)cc1NC(=O)CSc1ccc(C(F)(F)F)cc1[N+](=O)[O-]. The summed E-state index contributed by atoms with van der Waals surface area (Å²) in [6.07, 6.45) is -9.45. The second-order valence-electron chi connectivity index (χ2n) is 5.69. The Hall–Kier alpha value is -2.96. The fourth-order valence-corrected chi connectivity index (χ4v) is 3.07. The highest BCUT2D eigenvalue weighted by Gasteiger charge is 2.33. The highest BCUT2D eigenvalue weighted by Crippen LogP contribution is 2.37. The van der Waals surface area contributed by atoms with E-state index in [1.807, 2.05) is 0 Å². The van der Waals surface area contributed by atoms with E-state index in [-0.39, 0.29) is 16.3 Å². The van der Waals surface area contributed by atoms with E-state index >= 15 is 0 Å². The minimum Gasteiger partial charge on any atom is -0.495 e. The summed E-state index contributed by atoms with van der Waals surface area (Å²) in [7, 11) is 1.18. The maximum absolute atomic E-state index is 12.8. The predicted octanol–water partition coefficient (Wildman–Crippen LogP) is 5.37. The highest BCUT2D eigenvalue weighted by molar-refractivity contribution is 8.00. The first-order chi connectivity index (χ1) is 13.8. The Balaban J connectivity index is 2.18. The second kappa shape index (κ2) is 8.81. The molecule has 30 heavy (non-hydrogen) atoms. The van der Waals surface area contributed by atoms with Crippen LogP contribution in [-0.2, 0) is 17.1 Å². The van der Waals surface area contributed by atoms with Gasteiger partial charge in [-0.15, -0.1) is 11.8 Å². The molecule has 0 fully saturated rings. The Kier molecular flexibility index (Phi) is 6.85. The number of hydrogen-bond acceptors (Lipinski definition) is 5. The minimum absolute atomic E-state index is 0.0538. The Morgan fingerprint density at radius 3 is 2.17 bits per heavy atom. The zero-order chi connectivity index (χ0) is 22.7. The molecule has 0 atom stereocenters. The summed E-state index contributed by atoms with van der Waals surface area (Å²) < 4.78 is 81.6. The summed E-state index contributed by atoms with van der Waals surface area (Å²) in [5.74, 6) is -1.40. The molecule has 0 saturated heterocycles. The quantitative estimate of drug-likeness (QED) is 0.275. The first kappa shape index (κ1) is 23.3. The summed E-state index contributed by atoms with van der Waals surface area (Å²) in [5, 5.41) is 13.2. The number of halogens is 6. The lowest BCUT2D eigenvalue weighted by molar-refractivity contribution is -0.388. The molecule has 13 heteroatoms. The van der Waals surface area contributed by atoms with E-state index in [9.17, 15) is 41.3 Å². The van der Waals surface area contributed by atoms with Crippen LogP contribution in [0.2, 0.25) is 0 Å². The van der Waals surface area contributed by atoms with Crippen molar-refractivity contribution in [3.05, 3.63) is 57.6 Å². The van der Waals surface area contributed by atoms with Crippen molar-refractivity contribution < 1.29 is 40.8 Å². The fourth-order valence-electron chi connectivity index (χ4n) is 2.27. The third kappa shape index (κ3) is 5.78. The first-order valence-corrected chi connectivity index (χ1v) is 8.85. The molecule has 0 bridgehead atoms. The molecule has 0 radical (unpaired) electrons. The van der Waals surface area contributed by atoms with Gasteiger partial charge in [-0.3, -0.25) is 14.9 Å². The van der Waals surface area contributed by atoms with Crippen LogP contribution in [0.5, 0.6) is 5.75 Å². The number of nitro benzene ring substituents is 1. The normalized spacial score (nSPS) is 11.8. The maximum atomic E-state index is 12.8. The van der Waals surface area contributed by atoms with E-state index in [1.165, 1.54) is 7.11 Å². The van der Waals surface area contributed by atoms with Gasteiger partial charge in [0.2, 0.25) is 5.91 Å². The van der Waals surface area contributed by atoms with Crippen LogP contribution in [-0.4, -0.2) is 23.7 Å². The summed E-state index contributed by atoms with van der Waals surface area (Å²) in [6.45, 7) is 0. The Labute approximate surface area is 169 Å². The summed E-state index contributed by atoms with van der Waals surface area (Å²) in [4.78, 5) is 21.9. The van der Waals surface area contributed by atoms with Gasteiger partial charge < -0.3 is 10.1 Å². The molecular weight excluding hydrogens is 442 g/mol. The third-order valence-electron chi connectivity index (χ3n) is 3.64. The van der Waals surface area contributed by atoms with Gasteiger partial charge in [0.05, 0.1) is 39.5 Å². The number of alkyl halides is 6. The molecule has 162 valence electrons. The molecule has 1 amide bonds. The van der Waals surface area contributed by atoms with Gasteiger partial charge in [0.15, 0.2) is 0 Å². The van der Waals surface area contributed by atoms with Gasteiger partial charge in [-0.05, 0) is 30.3 Å². The van der Waals surface area contributed by atoms with Gasteiger partial charge in [-0.25, -0.2) is 0 Å². The molecule has 1 N–H and O–H groups in total. The van der Waals surface area contributed by atoms with E-state index in [0.29, 0.717) is 30.0 Å². The lowest BCUT2D eigenvalue weighted by Gasteiger charge is -2.14. The van der Waals surface area contributed by atoms with Crippen molar-refractivity contribution >= 4 is 29.0 Å². The highest BCUT2D eigenvalue weighted by atomic mass is 32.2. The Bertz CT molecular complexity index is 962. The van der Waals surface area contributed by atoms with Crippen molar-refractivity contribution in [1.29, 1.82) is 0 Å². The van der Waals surface area contributed by atoms with E-state index < -0.39 is 45.8 Å². The van der Waals surface area contributed by atoms with Crippen molar-refractivity contribution in [2.24, 2.45) is 0 Å². The number of thioether (sulfide) groups is 1. The Morgan fingerprint density at radius 2 is 1.63 bits per heavy atom. The van der Waals surface area contributed by atoms with Crippen LogP contribution < -0.4 is 10.1 Å². The van der Waals surface area contributed by atoms with Crippen molar-refractivity contribution in [2.45, 2.75) is 17.2 Å². The number of rotatable bonds is 6. The van der Waals surface area contributed by atoms with Crippen molar-refractivity contribution in [3.8, 4) is 5.75 Å². The number of nitro groups is 1. The topological polar surface area (TPSA) is 81.5 Å². The number of hydrogen-bond donors (Lipinski definition) is 1. The van der Waals surface area contributed by atoms with Crippen molar-refractivity contribution in [1.82, 2.24) is 0 Å². The van der Waals surface area contributed by atoms with Crippen molar-refractivity contribution in [3.63, 3.8) is 0 Å². The van der Waals surface area contributed by atoms with Crippen LogP contribution in [0.1, 0.15) is 11.1 Å². The lowest BCUT2D eigenvalue weighted by atomic mass is 10.1. The van der Waals surface area contributed by atoms with Gasteiger partial charge in [-0.1, -0.05) is 0 Å². The number of benzene rings is 2. The van der Waals surface area contributed by atoms with Crippen LogP contribution in [0.4, 0.5) is 37.7 Å². The average molecular weight is 454 g/mol. The molecular formula is C17H12F6N2O4S. The molecule has 0 heterocycles. The number of amides is 1.